The zero-order valence-corrected chi connectivity index (χ0v) is 11.5. The molecule has 0 aliphatic heterocycles. The van der Waals surface area contributed by atoms with E-state index in [9.17, 15) is 4.79 Å². The number of alkyl halides is 1. The maximum absolute atomic E-state index is 12.2. The van der Waals surface area contributed by atoms with Crippen molar-refractivity contribution in [1.29, 1.82) is 0 Å². The second kappa shape index (κ2) is 5.99. The summed E-state index contributed by atoms with van der Waals surface area (Å²) in [6, 6.07) is 3.74. The van der Waals surface area contributed by atoms with Crippen molar-refractivity contribution in [2.75, 3.05) is 18.4 Å². The molecule has 1 rings (SSSR count). The van der Waals surface area contributed by atoms with Gasteiger partial charge in [0.25, 0.3) is 5.91 Å². The van der Waals surface area contributed by atoms with Crippen molar-refractivity contribution in [1.82, 2.24) is 9.88 Å². The van der Waals surface area contributed by atoms with E-state index in [1.54, 1.807) is 0 Å². The Bertz CT molecular complexity index is 379. The number of hydrogen-bond donors (Lipinski definition) is 0. The Labute approximate surface area is 105 Å². The summed E-state index contributed by atoms with van der Waals surface area (Å²) >= 11 is 3.35. The summed E-state index contributed by atoms with van der Waals surface area (Å²) in [6.45, 7) is 7.23. The molecule has 0 N–H and O–H groups in total. The molecule has 0 aromatic carbocycles. The van der Waals surface area contributed by atoms with Crippen LogP contribution in [0.2, 0.25) is 0 Å². The molecule has 0 unspecified atom stereocenters. The maximum Gasteiger partial charge on any atom is 0.255 e. The third-order valence-corrected chi connectivity index (χ3v) is 2.83. The minimum Gasteiger partial charge on any atom is -0.338 e. The zero-order valence-electron chi connectivity index (χ0n) is 9.96. The summed E-state index contributed by atoms with van der Waals surface area (Å²) in [5.41, 5.74) is 2.45. The number of halogens is 1. The highest BCUT2D eigenvalue weighted by atomic mass is 79.9. The molecule has 88 valence electrons. The number of aryl methyl sites for hydroxylation is 2. The molecule has 1 amide bonds. The minimum atomic E-state index is 0.0620. The van der Waals surface area contributed by atoms with Gasteiger partial charge in [-0.2, -0.15) is 0 Å². The van der Waals surface area contributed by atoms with Crippen LogP contribution in [-0.2, 0) is 0 Å². The molecule has 16 heavy (non-hydrogen) atoms. The van der Waals surface area contributed by atoms with E-state index in [4.69, 9.17) is 0 Å². The van der Waals surface area contributed by atoms with Crippen LogP contribution in [0.4, 0.5) is 0 Å². The molecular formula is C12H17BrN2O. The first-order chi connectivity index (χ1) is 7.60. The van der Waals surface area contributed by atoms with Gasteiger partial charge in [-0.25, -0.2) is 0 Å². The van der Waals surface area contributed by atoms with Crippen LogP contribution in [0.1, 0.15) is 28.7 Å². The molecular weight excluding hydrogens is 268 g/mol. The van der Waals surface area contributed by atoms with Gasteiger partial charge in [0.1, 0.15) is 0 Å². The first-order valence-corrected chi connectivity index (χ1v) is 6.51. The highest BCUT2D eigenvalue weighted by Crippen LogP contribution is 2.10. The van der Waals surface area contributed by atoms with Crippen LogP contribution in [-0.4, -0.2) is 34.2 Å². The fourth-order valence-electron chi connectivity index (χ4n) is 1.59. The Hall–Kier alpha value is -0.900. The summed E-state index contributed by atoms with van der Waals surface area (Å²) in [5, 5.41) is 0.797. The van der Waals surface area contributed by atoms with Crippen molar-refractivity contribution in [2.24, 2.45) is 0 Å². The van der Waals surface area contributed by atoms with E-state index in [0.717, 1.165) is 29.8 Å². The monoisotopic (exact) mass is 284 g/mol. The molecule has 0 saturated heterocycles. The SMILES string of the molecule is CCN(CCBr)C(=O)c1ccc(C)nc1C. The summed E-state index contributed by atoms with van der Waals surface area (Å²) < 4.78 is 0. The predicted octanol–water partition coefficient (Wildman–Crippen LogP) is 2.56. The minimum absolute atomic E-state index is 0.0620. The normalized spacial score (nSPS) is 10.2. The number of rotatable bonds is 4. The van der Waals surface area contributed by atoms with E-state index in [1.165, 1.54) is 0 Å². The fourth-order valence-corrected chi connectivity index (χ4v) is 2.02. The smallest absolute Gasteiger partial charge is 0.255 e. The van der Waals surface area contributed by atoms with Crippen LogP contribution >= 0.6 is 15.9 Å². The quantitative estimate of drug-likeness (QED) is 0.797. The first-order valence-electron chi connectivity index (χ1n) is 5.39. The number of pyridine rings is 1. The number of aromatic nitrogens is 1. The number of hydrogen-bond acceptors (Lipinski definition) is 2. The highest BCUT2D eigenvalue weighted by molar-refractivity contribution is 9.09. The lowest BCUT2D eigenvalue weighted by atomic mass is 10.1. The van der Waals surface area contributed by atoms with Gasteiger partial charge in [-0.05, 0) is 32.9 Å². The van der Waals surface area contributed by atoms with Gasteiger partial charge >= 0.3 is 0 Å². The number of amides is 1. The van der Waals surface area contributed by atoms with Gasteiger partial charge in [0, 0.05) is 24.1 Å². The Morgan fingerprint density at radius 3 is 2.62 bits per heavy atom. The van der Waals surface area contributed by atoms with Gasteiger partial charge in [0.15, 0.2) is 0 Å². The molecule has 0 fully saturated rings. The molecule has 1 aromatic heterocycles. The van der Waals surface area contributed by atoms with Crippen molar-refractivity contribution in [2.45, 2.75) is 20.8 Å². The molecule has 1 aromatic rings. The molecule has 0 atom stereocenters. The van der Waals surface area contributed by atoms with Crippen LogP contribution in [0.25, 0.3) is 0 Å². The van der Waals surface area contributed by atoms with Crippen LogP contribution in [0, 0.1) is 13.8 Å². The molecule has 0 spiro atoms. The van der Waals surface area contributed by atoms with E-state index in [0.29, 0.717) is 5.56 Å². The van der Waals surface area contributed by atoms with Gasteiger partial charge in [-0.3, -0.25) is 9.78 Å². The van der Waals surface area contributed by atoms with E-state index < -0.39 is 0 Å². The summed E-state index contributed by atoms with van der Waals surface area (Å²) in [4.78, 5) is 18.3. The highest BCUT2D eigenvalue weighted by Gasteiger charge is 2.16. The summed E-state index contributed by atoms with van der Waals surface area (Å²) in [5.74, 6) is 0.0620. The Morgan fingerprint density at radius 2 is 2.12 bits per heavy atom. The summed E-state index contributed by atoms with van der Waals surface area (Å²) in [7, 11) is 0. The van der Waals surface area contributed by atoms with E-state index in [-0.39, 0.29) is 5.91 Å². The van der Waals surface area contributed by atoms with Crippen molar-refractivity contribution in [3.8, 4) is 0 Å². The Balaban J connectivity index is 2.94. The summed E-state index contributed by atoms with van der Waals surface area (Å²) in [6.07, 6.45) is 0. The van der Waals surface area contributed by atoms with Crippen LogP contribution in [0.3, 0.4) is 0 Å². The van der Waals surface area contributed by atoms with Crippen LogP contribution in [0.15, 0.2) is 12.1 Å². The zero-order chi connectivity index (χ0) is 12.1. The van der Waals surface area contributed by atoms with E-state index in [2.05, 4.69) is 20.9 Å². The van der Waals surface area contributed by atoms with Crippen LogP contribution in [0.5, 0.6) is 0 Å². The Kier molecular flexibility index (Phi) is 4.93. The van der Waals surface area contributed by atoms with E-state index in [1.807, 2.05) is 37.8 Å². The fraction of sp³-hybridized carbons (Fsp3) is 0.500. The van der Waals surface area contributed by atoms with Gasteiger partial charge in [-0.1, -0.05) is 15.9 Å². The molecule has 4 heteroatoms. The molecule has 0 aliphatic rings. The third kappa shape index (κ3) is 3.04. The lowest BCUT2D eigenvalue weighted by molar-refractivity contribution is 0.0773. The second-order valence-corrected chi connectivity index (χ2v) is 4.45. The van der Waals surface area contributed by atoms with Gasteiger partial charge in [0.05, 0.1) is 11.3 Å². The molecule has 1 heterocycles. The average Bonchev–Trinajstić information content (AvgIpc) is 2.25. The molecule has 0 radical (unpaired) electrons. The molecule has 0 saturated carbocycles. The largest absolute Gasteiger partial charge is 0.338 e. The predicted molar refractivity (Wildman–Crippen MR) is 69.1 cm³/mol. The Morgan fingerprint density at radius 1 is 1.44 bits per heavy atom. The lowest BCUT2D eigenvalue weighted by Crippen LogP contribution is -2.33. The molecule has 0 aliphatic carbocycles. The van der Waals surface area contributed by atoms with Crippen molar-refractivity contribution >= 4 is 21.8 Å². The molecule has 3 nitrogen and oxygen atoms in total. The van der Waals surface area contributed by atoms with Gasteiger partial charge < -0.3 is 4.90 Å². The standard InChI is InChI=1S/C12H17BrN2O/c1-4-15(8-7-13)12(16)11-6-5-9(2)14-10(11)3/h5-6H,4,7-8H2,1-3H3. The topological polar surface area (TPSA) is 33.2 Å². The molecule has 0 bridgehead atoms. The van der Waals surface area contributed by atoms with Crippen molar-refractivity contribution in [3.05, 3.63) is 29.1 Å². The van der Waals surface area contributed by atoms with Gasteiger partial charge in [-0.15, -0.1) is 0 Å². The van der Waals surface area contributed by atoms with E-state index >= 15 is 0 Å². The number of carbonyl (C=O) groups is 1. The van der Waals surface area contributed by atoms with Crippen LogP contribution < -0.4 is 0 Å². The number of nitrogens with zero attached hydrogens (tertiary/aromatic N) is 2. The average molecular weight is 285 g/mol. The lowest BCUT2D eigenvalue weighted by Gasteiger charge is -2.20. The van der Waals surface area contributed by atoms with Crippen molar-refractivity contribution < 1.29 is 4.79 Å². The number of carbonyl (C=O) groups excluding carboxylic acids is 1. The second-order valence-electron chi connectivity index (χ2n) is 3.66. The third-order valence-electron chi connectivity index (χ3n) is 2.48. The first kappa shape index (κ1) is 13.2. The van der Waals surface area contributed by atoms with Crippen molar-refractivity contribution in [3.63, 3.8) is 0 Å². The van der Waals surface area contributed by atoms with Gasteiger partial charge in [0.2, 0.25) is 0 Å². The maximum atomic E-state index is 12.2.